The molecule has 0 saturated heterocycles. The molecule has 4 N–H and O–H groups in total. The lowest BCUT2D eigenvalue weighted by molar-refractivity contribution is -0.116. The SMILES string of the molecule is N#Cc1cc(N(CC(N)=O)Cc2cccc(N)c2)ccn1. The molecule has 0 spiro atoms. The first kappa shape index (κ1) is 14.3. The molecule has 0 radical (unpaired) electrons. The van der Waals surface area contributed by atoms with Gasteiger partial charge in [-0.3, -0.25) is 4.79 Å². The maximum absolute atomic E-state index is 11.3. The van der Waals surface area contributed by atoms with Crippen LogP contribution in [0.25, 0.3) is 0 Å². The van der Waals surface area contributed by atoms with Crippen molar-refractivity contribution in [2.45, 2.75) is 6.54 Å². The summed E-state index contributed by atoms with van der Waals surface area (Å²) in [5, 5.41) is 8.91. The number of nitrogen functional groups attached to an aromatic ring is 1. The summed E-state index contributed by atoms with van der Waals surface area (Å²) in [5.74, 6) is -0.450. The van der Waals surface area contributed by atoms with Crippen molar-refractivity contribution in [2.75, 3.05) is 17.2 Å². The van der Waals surface area contributed by atoms with Gasteiger partial charge in [0.25, 0.3) is 0 Å². The number of anilines is 2. The molecule has 21 heavy (non-hydrogen) atoms. The molecule has 0 unspecified atom stereocenters. The number of carbonyl (C=O) groups is 1. The Morgan fingerprint density at radius 2 is 2.14 bits per heavy atom. The van der Waals surface area contributed by atoms with Crippen LogP contribution in [-0.4, -0.2) is 17.4 Å². The van der Waals surface area contributed by atoms with Gasteiger partial charge in [0, 0.05) is 24.1 Å². The van der Waals surface area contributed by atoms with Gasteiger partial charge < -0.3 is 16.4 Å². The minimum atomic E-state index is -0.450. The molecule has 0 fully saturated rings. The molecule has 6 nitrogen and oxygen atoms in total. The van der Waals surface area contributed by atoms with Crippen LogP contribution in [0.15, 0.2) is 42.6 Å². The lowest BCUT2D eigenvalue weighted by Gasteiger charge is -2.23. The lowest BCUT2D eigenvalue weighted by Crippen LogP contribution is -2.33. The van der Waals surface area contributed by atoms with Gasteiger partial charge in [-0.25, -0.2) is 4.98 Å². The van der Waals surface area contributed by atoms with Crippen LogP contribution in [0.5, 0.6) is 0 Å². The fourth-order valence-electron chi connectivity index (χ4n) is 2.02. The van der Waals surface area contributed by atoms with Crippen LogP contribution in [0.1, 0.15) is 11.3 Å². The van der Waals surface area contributed by atoms with Crippen LogP contribution in [0.4, 0.5) is 11.4 Å². The molecule has 0 aliphatic carbocycles. The molecule has 1 heterocycles. The predicted molar refractivity (Wildman–Crippen MR) is 80.1 cm³/mol. The van der Waals surface area contributed by atoms with Gasteiger partial charge in [-0.15, -0.1) is 0 Å². The molecule has 2 rings (SSSR count). The quantitative estimate of drug-likeness (QED) is 0.795. The number of rotatable bonds is 5. The Hall–Kier alpha value is -3.07. The summed E-state index contributed by atoms with van der Waals surface area (Å²) < 4.78 is 0. The van der Waals surface area contributed by atoms with E-state index < -0.39 is 5.91 Å². The van der Waals surface area contributed by atoms with E-state index in [1.807, 2.05) is 24.3 Å². The van der Waals surface area contributed by atoms with E-state index in [-0.39, 0.29) is 12.2 Å². The Morgan fingerprint density at radius 1 is 1.33 bits per heavy atom. The fourth-order valence-corrected chi connectivity index (χ4v) is 2.02. The van der Waals surface area contributed by atoms with Crippen molar-refractivity contribution in [3.63, 3.8) is 0 Å². The maximum Gasteiger partial charge on any atom is 0.236 e. The van der Waals surface area contributed by atoms with E-state index in [4.69, 9.17) is 16.7 Å². The third-order valence-corrected chi connectivity index (χ3v) is 2.89. The Bertz CT molecular complexity index is 692. The monoisotopic (exact) mass is 281 g/mol. The van der Waals surface area contributed by atoms with Crippen LogP contribution in [0.2, 0.25) is 0 Å². The predicted octanol–water partition coefficient (Wildman–Crippen LogP) is 1.03. The highest BCUT2D eigenvalue weighted by Crippen LogP contribution is 2.18. The largest absolute Gasteiger partial charge is 0.399 e. The summed E-state index contributed by atoms with van der Waals surface area (Å²) in [5.41, 5.74) is 13.7. The second-order valence-corrected chi connectivity index (χ2v) is 4.58. The molecule has 1 amide bonds. The molecule has 0 atom stereocenters. The summed E-state index contributed by atoms with van der Waals surface area (Å²) >= 11 is 0. The van der Waals surface area contributed by atoms with Gasteiger partial charge in [0.1, 0.15) is 11.8 Å². The molecular weight excluding hydrogens is 266 g/mol. The Labute approximate surface area is 122 Å². The summed E-state index contributed by atoms with van der Waals surface area (Å²) in [6.07, 6.45) is 1.53. The van der Waals surface area contributed by atoms with Gasteiger partial charge in [0.15, 0.2) is 0 Å². The number of hydrogen-bond donors (Lipinski definition) is 2. The van der Waals surface area contributed by atoms with Crippen molar-refractivity contribution >= 4 is 17.3 Å². The van der Waals surface area contributed by atoms with Gasteiger partial charge in [-0.2, -0.15) is 5.26 Å². The van der Waals surface area contributed by atoms with Crippen molar-refractivity contribution in [3.05, 3.63) is 53.9 Å². The number of carbonyl (C=O) groups excluding carboxylic acids is 1. The highest BCUT2D eigenvalue weighted by molar-refractivity contribution is 5.79. The van der Waals surface area contributed by atoms with Crippen molar-refractivity contribution in [2.24, 2.45) is 5.73 Å². The third-order valence-electron chi connectivity index (χ3n) is 2.89. The van der Waals surface area contributed by atoms with Gasteiger partial charge in [0.05, 0.1) is 6.54 Å². The molecular formula is C15H15N5O. The topological polar surface area (TPSA) is 109 Å². The number of nitrogens with two attached hydrogens (primary N) is 2. The zero-order valence-electron chi connectivity index (χ0n) is 11.4. The van der Waals surface area contributed by atoms with Crippen LogP contribution in [-0.2, 0) is 11.3 Å². The van der Waals surface area contributed by atoms with Crippen molar-refractivity contribution in [1.29, 1.82) is 5.26 Å². The summed E-state index contributed by atoms with van der Waals surface area (Å²) in [6.45, 7) is 0.506. The highest BCUT2D eigenvalue weighted by atomic mass is 16.1. The van der Waals surface area contributed by atoms with Gasteiger partial charge in [-0.1, -0.05) is 12.1 Å². The first-order valence-electron chi connectivity index (χ1n) is 6.32. The number of benzene rings is 1. The number of pyridine rings is 1. The minimum absolute atomic E-state index is 0.0453. The van der Waals surface area contributed by atoms with E-state index in [0.29, 0.717) is 17.9 Å². The summed E-state index contributed by atoms with van der Waals surface area (Å²) in [7, 11) is 0. The zero-order chi connectivity index (χ0) is 15.2. The third kappa shape index (κ3) is 3.94. The second kappa shape index (κ2) is 6.39. The average Bonchev–Trinajstić information content (AvgIpc) is 2.46. The van der Waals surface area contributed by atoms with Crippen molar-refractivity contribution < 1.29 is 4.79 Å². The Kier molecular flexibility index (Phi) is 4.36. The van der Waals surface area contributed by atoms with Gasteiger partial charge >= 0.3 is 0 Å². The van der Waals surface area contributed by atoms with Crippen LogP contribution < -0.4 is 16.4 Å². The van der Waals surface area contributed by atoms with E-state index in [1.54, 1.807) is 23.1 Å². The van der Waals surface area contributed by atoms with E-state index in [1.165, 1.54) is 6.20 Å². The van der Waals surface area contributed by atoms with Crippen LogP contribution >= 0.6 is 0 Å². The average molecular weight is 281 g/mol. The number of aromatic nitrogens is 1. The smallest absolute Gasteiger partial charge is 0.236 e. The highest BCUT2D eigenvalue weighted by Gasteiger charge is 2.11. The van der Waals surface area contributed by atoms with Gasteiger partial charge in [-0.05, 0) is 29.8 Å². The first-order chi connectivity index (χ1) is 10.1. The molecule has 2 aromatic rings. The summed E-state index contributed by atoms with van der Waals surface area (Å²) in [6, 6.07) is 12.7. The number of nitriles is 1. The number of hydrogen-bond acceptors (Lipinski definition) is 5. The standard InChI is InChI=1S/C15H15N5O/c16-8-13-7-14(4-5-19-13)20(10-15(18)21)9-11-2-1-3-12(17)6-11/h1-7H,9-10,17H2,(H2,18,21). The molecule has 1 aromatic heterocycles. The molecule has 0 aliphatic rings. The number of primary amides is 1. The van der Waals surface area contributed by atoms with Crippen molar-refractivity contribution in [1.82, 2.24) is 4.98 Å². The molecule has 0 aliphatic heterocycles. The number of amides is 1. The van der Waals surface area contributed by atoms with E-state index in [0.717, 1.165) is 5.56 Å². The Morgan fingerprint density at radius 3 is 2.81 bits per heavy atom. The first-order valence-corrected chi connectivity index (χ1v) is 6.32. The van der Waals surface area contributed by atoms with Crippen LogP contribution in [0, 0.1) is 11.3 Å². The molecule has 0 bridgehead atoms. The summed E-state index contributed by atoms with van der Waals surface area (Å²) in [4.78, 5) is 17.0. The van der Waals surface area contributed by atoms with E-state index >= 15 is 0 Å². The number of nitrogens with zero attached hydrogens (tertiary/aromatic N) is 3. The lowest BCUT2D eigenvalue weighted by atomic mass is 10.1. The van der Waals surface area contributed by atoms with Gasteiger partial charge in [0.2, 0.25) is 5.91 Å². The maximum atomic E-state index is 11.3. The minimum Gasteiger partial charge on any atom is -0.399 e. The molecule has 0 saturated carbocycles. The second-order valence-electron chi connectivity index (χ2n) is 4.58. The molecule has 106 valence electrons. The zero-order valence-corrected chi connectivity index (χ0v) is 11.4. The van der Waals surface area contributed by atoms with E-state index in [2.05, 4.69) is 4.98 Å². The Balaban J connectivity index is 2.29. The van der Waals surface area contributed by atoms with E-state index in [9.17, 15) is 4.79 Å². The molecule has 1 aromatic carbocycles. The van der Waals surface area contributed by atoms with Crippen molar-refractivity contribution in [3.8, 4) is 6.07 Å². The fraction of sp³-hybridized carbons (Fsp3) is 0.133. The normalized spacial score (nSPS) is 9.86. The molecule has 6 heteroatoms. The van der Waals surface area contributed by atoms with Crippen LogP contribution in [0.3, 0.4) is 0 Å².